The molecule has 8 heteroatoms. The summed E-state index contributed by atoms with van der Waals surface area (Å²) >= 11 is 5.85. The molecule has 6 nitrogen and oxygen atoms in total. The zero-order valence-electron chi connectivity index (χ0n) is 10.1. The molecule has 104 valence electrons. The topological polar surface area (TPSA) is 102 Å². The van der Waals surface area contributed by atoms with Crippen LogP contribution in [0.1, 0.15) is 23.2 Å². The number of sulfone groups is 1. The van der Waals surface area contributed by atoms with Gasteiger partial charge in [-0.05, 0) is 18.9 Å². The summed E-state index contributed by atoms with van der Waals surface area (Å²) in [6.07, 6.45) is 2.51. The Morgan fingerprint density at radius 3 is 2.95 bits per heavy atom. The smallest absolute Gasteiger partial charge is 0.253 e. The van der Waals surface area contributed by atoms with E-state index in [1.807, 2.05) is 0 Å². The second kappa shape index (κ2) is 5.34. The molecule has 0 saturated carbocycles. The van der Waals surface area contributed by atoms with Crippen molar-refractivity contribution < 1.29 is 13.2 Å². The fourth-order valence-corrected chi connectivity index (χ4v) is 3.97. The van der Waals surface area contributed by atoms with Gasteiger partial charge in [-0.25, -0.2) is 13.4 Å². The van der Waals surface area contributed by atoms with Crippen LogP contribution in [0.5, 0.6) is 0 Å². The number of halogens is 1. The summed E-state index contributed by atoms with van der Waals surface area (Å²) in [5.41, 5.74) is 5.68. The molecule has 1 aromatic heterocycles. The van der Waals surface area contributed by atoms with Gasteiger partial charge in [-0.15, -0.1) is 0 Å². The maximum atomic E-state index is 11.9. The van der Waals surface area contributed by atoms with E-state index in [-0.39, 0.29) is 28.7 Å². The average molecular weight is 304 g/mol. The molecule has 1 unspecified atom stereocenters. The maximum absolute atomic E-state index is 11.9. The first kappa shape index (κ1) is 14.1. The monoisotopic (exact) mass is 303 g/mol. The third-order valence-corrected chi connectivity index (χ3v) is 5.65. The van der Waals surface area contributed by atoms with E-state index in [1.54, 1.807) is 0 Å². The first-order valence-corrected chi connectivity index (χ1v) is 7.90. The fraction of sp³-hybridized carbons (Fsp3) is 0.455. The number of rotatable bonds is 3. The minimum atomic E-state index is -3.07. The zero-order valence-corrected chi connectivity index (χ0v) is 11.7. The first-order chi connectivity index (χ1) is 8.90. The van der Waals surface area contributed by atoms with Crippen LogP contribution < -0.4 is 11.1 Å². The minimum Gasteiger partial charge on any atom is -0.384 e. The minimum absolute atomic E-state index is 0.0969. The van der Waals surface area contributed by atoms with Crippen LogP contribution in [0.4, 0.5) is 5.82 Å². The van der Waals surface area contributed by atoms with Crippen LogP contribution in [0.2, 0.25) is 5.02 Å². The maximum Gasteiger partial charge on any atom is 0.253 e. The lowest BCUT2D eigenvalue weighted by Gasteiger charge is -2.11. The van der Waals surface area contributed by atoms with E-state index in [1.165, 1.54) is 12.3 Å². The van der Waals surface area contributed by atoms with Crippen molar-refractivity contribution >= 4 is 33.2 Å². The van der Waals surface area contributed by atoms with Gasteiger partial charge < -0.3 is 11.1 Å². The molecular weight excluding hydrogens is 290 g/mol. The molecule has 1 saturated heterocycles. The number of nitrogens with zero attached hydrogens (tertiary/aromatic N) is 1. The van der Waals surface area contributed by atoms with Crippen LogP contribution >= 0.6 is 11.6 Å². The number of anilines is 1. The predicted octanol–water partition coefficient (Wildman–Crippen LogP) is 0.624. The Morgan fingerprint density at radius 2 is 2.32 bits per heavy atom. The standard InChI is InChI=1S/C11H14ClN3O3S/c12-9-6-14-10(13)4-8(9)11(16)15-5-7-2-1-3-19(7,17)18/h4,6-7H,1-3,5H2,(H2,13,14)(H,15,16). The van der Waals surface area contributed by atoms with Crippen molar-refractivity contribution in [1.82, 2.24) is 10.3 Å². The molecule has 0 aliphatic carbocycles. The molecule has 2 rings (SSSR count). The Morgan fingerprint density at radius 1 is 1.58 bits per heavy atom. The number of carbonyl (C=O) groups is 1. The van der Waals surface area contributed by atoms with E-state index in [0.29, 0.717) is 12.8 Å². The van der Waals surface area contributed by atoms with E-state index >= 15 is 0 Å². The van der Waals surface area contributed by atoms with Crippen LogP contribution in [0, 0.1) is 0 Å². The summed E-state index contributed by atoms with van der Waals surface area (Å²) in [5.74, 6) is -0.0690. The summed E-state index contributed by atoms with van der Waals surface area (Å²) in [5, 5.41) is 2.25. The SMILES string of the molecule is Nc1cc(C(=O)NCC2CCCS2(=O)=O)c(Cl)cn1. The van der Waals surface area contributed by atoms with Crippen LogP contribution in [-0.4, -0.2) is 36.9 Å². The number of nitrogen functional groups attached to an aromatic ring is 1. The summed E-state index contributed by atoms with van der Waals surface area (Å²) in [6, 6.07) is 1.36. The Hall–Kier alpha value is -1.34. The van der Waals surface area contributed by atoms with Gasteiger partial charge in [-0.3, -0.25) is 4.79 Å². The summed E-state index contributed by atoms with van der Waals surface area (Å²) in [7, 11) is -3.07. The molecule has 1 atom stereocenters. The number of nitrogens with one attached hydrogen (secondary N) is 1. The lowest BCUT2D eigenvalue weighted by Crippen LogP contribution is -2.34. The predicted molar refractivity (Wildman–Crippen MR) is 72.8 cm³/mol. The van der Waals surface area contributed by atoms with Crippen LogP contribution in [0.25, 0.3) is 0 Å². The van der Waals surface area contributed by atoms with E-state index < -0.39 is 21.0 Å². The summed E-state index contributed by atoms with van der Waals surface area (Å²) in [4.78, 5) is 15.7. The van der Waals surface area contributed by atoms with Gasteiger partial charge in [0.05, 0.1) is 21.6 Å². The molecule has 1 aliphatic rings. The highest BCUT2D eigenvalue weighted by atomic mass is 35.5. The fourth-order valence-electron chi connectivity index (χ4n) is 2.02. The number of carbonyl (C=O) groups excluding carboxylic acids is 1. The first-order valence-electron chi connectivity index (χ1n) is 5.81. The molecule has 0 radical (unpaired) electrons. The molecule has 2 heterocycles. The highest BCUT2D eigenvalue weighted by molar-refractivity contribution is 7.92. The third-order valence-electron chi connectivity index (χ3n) is 3.07. The van der Waals surface area contributed by atoms with Crippen molar-refractivity contribution in [2.24, 2.45) is 0 Å². The zero-order chi connectivity index (χ0) is 14.0. The summed E-state index contributed by atoms with van der Waals surface area (Å²) in [6.45, 7) is 0.0969. The number of hydrogen-bond donors (Lipinski definition) is 2. The number of nitrogens with two attached hydrogens (primary N) is 1. The normalized spacial score (nSPS) is 21.2. The van der Waals surface area contributed by atoms with Crippen molar-refractivity contribution in [3.63, 3.8) is 0 Å². The highest BCUT2D eigenvalue weighted by Crippen LogP contribution is 2.20. The van der Waals surface area contributed by atoms with Crippen molar-refractivity contribution in [3.05, 3.63) is 22.8 Å². The molecule has 0 spiro atoms. The van der Waals surface area contributed by atoms with Crippen LogP contribution in [0.15, 0.2) is 12.3 Å². The van der Waals surface area contributed by atoms with E-state index in [9.17, 15) is 13.2 Å². The Bertz CT molecular complexity index is 603. The quantitative estimate of drug-likeness (QED) is 0.852. The van der Waals surface area contributed by atoms with E-state index in [4.69, 9.17) is 17.3 Å². The van der Waals surface area contributed by atoms with Gasteiger partial charge in [0.2, 0.25) is 0 Å². The molecule has 1 fully saturated rings. The second-order valence-electron chi connectivity index (χ2n) is 4.43. The second-order valence-corrected chi connectivity index (χ2v) is 7.24. The highest BCUT2D eigenvalue weighted by Gasteiger charge is 2.31. The largest absolute Gasteiger partial charge is 0.384 e. The summed E-state index contributed by atoms with van der Waals surface area (Å²) < 4.78 is 23.2. The number of amides is 1. The van der Waals surface area contributed by atoms with Crippen LogP contribution in [0.3, 0.4) is 0 Å². The van der Waals surface area contributed by atoms with Gasteiger partial charge in [-0.1, -0.05) is 11.6 Å². The molecule has 1 aliphatic heterocycles. The van der Waals surface area contributed by atoms with Gasteiger partial charge in [0.1, 0.15) is 5.82 Å². The van der Waals surface area contributed by atoms with Crippen molar-refractivity contribution in [2.45, 2.75) is 18.1 Å². The van der Waals surface area contributed by atoms with Gasteiger partial charge in [-0.2, -0.15) is 0 Å². The van der Waals surface area contributed by atoms with Gasteiger partial charge in [0, 0.05) is 12.7 Å². The Kier molecular flexibility index (Phi) is 3.96. The molecule has 0 bridgehead atoms. The lowest BCUT2D eigenvalue weighted by molar-refractivity contribution is 0.0953. The van der Waals surface area contributed by atoms with Gasteiger partial charge in [0.15, 0.2) is 9.84 Å². The van der Waals surface area contributed by atoms with Gasteiger partial charge in [0.25, 0.3) is 5.91 Å². The van der Waals surface area contributed by atoms with Crippen molar-refractivity contribution in [2.75, 3.05) is 18.0 Å². The number of aromatic nitrogens is 1. The Labute approximate surface area is 116 Å². The molecule has 19 heavy (non-hydrogen) atoms. The molecular formula is C11H14ClN3O3S. The number of pyridine rings is 1. The van der Waals surface area contributed by atoms with Crippen molar-refractivity contribution in [3.8, 4) is 0 Å². The third kappa shape index (κ3) is 3.16. The van der Waals surface area contributed by atoms with Crippen LogP contribution in [-0.2, 0) is 9.84 Å². The lowest BCUT2D eigenvalue weighted by atomic mass is 10.2. The molecule has 1 aromatic rings. The molecule has 3 N–H and O–H groups in total. The van der Waals surface area contributed by atoms with E-state index in [2.05, 4.69) is 10.3 Å². The average Bonchev–Trinajstić information content (AvgIpc) is 2.68. The van der Waals surface area contributed by atoms with Gasteiger partial charge >= 0.3 is 0 Å². The molecule has 1 amide bonds. The van der Waals surface area contributed by atoms with E-state index in [0.717, 1.165) is 0 Å². The molecule has 0 aromatic carbocycles. The number of hydrogen-bond acceptors (Lipinski definition) is 5. The van der Waals surface area contributed by atoms with Crippen molar-refractivity contribution in [1.29, 1.82) is 0 Å². The Balaban J connectivity index is 2.04.